The first-order chi connectivity index (χ1) is 33.4. The van der Waals surface area contributed by atoms with E-state index < -0.39 is 24.4 Å². The number of rotatable bonds is 53. The van der Waals surface area contributed by atoms with E-state index in [2.05, 4.69) is 20.8 Å². The zero-order valence-corrected chi connectivity index (χ0v) is 45.5. The molecule has 1 aliphatic rings. The molecule has 1 heterocycles. The molecule has 1 saturated heterocycles. The van der Waals surface area contributed by atoms with Crippen LogP contribution < -0.4 is 0 Å². The second-order valence-corrected chi connectivity index (χ2v) is 21.1. The van der Waals surface area contributed by atoms with Crippen molar-refractivity contribution in [1.82, 2.24) is 0 Å². The average molecular weight is 964 g/mol. The Balaban J connectivity index is 2.45. The van der Waals surface area contributed by atoms with Crippen LogP contribution in [-0.4, -0.2) is 60.6 Å². The molecule has 1 N–H and O–H groups in total. The molecule has 8 nitrogen and oxygen atoms in total. The SMILES string of the molecule is CCCCCCCCCCCCCCCCCC(=O)OCC(OC(=O)CCCCCCCCCCCCCCCCC)[C@H]1OCC(O)[C@H]1OC(=O)CCCCCCCCCCCCCCCCC. The zero-order chi connectivity index (χ0) is 49.2. The molecule has 0 amide bonds. The fourth-order valence-corrected chi connectivity index (χ4v) is 9.89. The first-order valence-electron chi connectivity index (χ1n) is 30.3. The van der Waals surface area contributed by atoms with Gasteiger partial charge in [0.15, 0.2) is 12.2 Å². The third kappa shape index (κ3) is 41.0. The summed E-state index contributed by atoms with van der Waals surface area (Å²) in [6.45, 7) is 6.58. The van der Waals surface area contributed by atoms with Gasteiger partial charge in [0.05, 0.1) is 6.61 Å². The lowest BCUT2D eigenvalue weighted by atomic mass is 10.0. The molecular weight excluding hydrogens is 849 g/mol. The van der Waals surface area contributed by atoms with E-state index in [0.717, 1.165) is 57.8 Å². The number of ether oxygens (including phenoxy) is 4. The summed E-state index contributed by atoms with van der Waals surface area (Å²) in [5.74, 6) is -1.09. The second kappa shape index (κ2) is 50.3. The van der Waals surface area contributed by atoms with Crippen LogP contribution in [0.4, 0.5) is 0 Å². The van der Waals surface area contributed by atoms with Crippen LogP contribution in [0.25, 0.3) is 0 Å². The van der Waals surface area contributed by atoms with E-state index in [0.29, 0.717) is 6.42 Å². The highest BCUT2D eigenvalue weighted by Crippen LogP contribution is 2.26. The average Bonchev–Trinajstić information content (AvgIpc) is 3.69. The van der Waals surface area contributed by atoms with Gasteiger partial charge < -0.3 is 24.1 Å². The molecule has 8 heteroatoms. The van der Waals surface area contributed by atoms with Gasteiger partial charge in [0.1, 0.15) is 18.8 Å². The minimum absolute atomic E-state index is 0.0399. The second-order valence-electron chi connectivity index (χ2n) is 21.1. The molecule has 0 bridgehead atoms. The summed E-state index contributed by atoms with van der Waals surface area (Å²) in [4.78, 5) is 39.2. The number of carbonyl (C=O) groups is 3. The molecule has 1 aliphatic heterocycles. The van der Waals surface area contributed by atoms with Crippen molar-refractivity contribution in [3.8, 4) is 0 Å². The summed E-state index contributed by atoms with van der Waals surface area (Å²) in [5.41, 5.74) is 0. The standard InChI is InChI=1S/C60H114O8/c1-4-7-10-13-16-19-22-25-28-31-34-37-40-43-46-49-56(62)65-53-55(67-57(63)50-47-44-41-38-35-32-29-26-23-20-17-14-11-8-5-2)60-59(54(61)52-66-60)68-58(64)51-48-45-42-39-36-33-30-27-24-21-18-15-12-9-6-3/h54-55,59-61H,4-53H2,1-3H3/t54?,55?,59-,60-/m1/s1. The van der Waals surface area contributed by atoms with Crippen molar-refractivity contribution in [1.29, 1.82) is 0 Å². The molecule has 1 rings (SSSR count). The van der Waals surface area contributed by atoms with Crippen LogP contribution in [-0.2, 0) is 33.3 Å². The summed E-state index contributed by atoms with van der Waals surface area (Å²) in [5, 5.41) is 10.9. The number of aliphatic hydroxyl groups is 1. The Morgan fingerprint density at radius 3 is 0.971 bits per heavy atom. The third-order valence-electron chi connectivity index (χ3n) is 14.4. The predicted octanol–water partition coefficient (Wildman–Crippen LogP) is 17.9. The van der Waals surface area contributed by atoms with E-state index in [1.54, 1.807) is 0 Å². The Morgan fingerprint density at radius 2 is 0.662 bits per heavy atom. The molecule has 2 unspecified atom stereocenters. The topological polar surface area (TPSA) is 108 Å². The molecule has 0 aliphatic carbocycles. The largest absolute Gasteiger partial charge is 0.462 e. The van der Waals surface area contributed by atoms with Crippen LogP contribution in [0.15, 0.2) is 0 Å². The highest BCUT2D eigenvalue weighted by molar-refractivity contribution is 5.71. The number of hydrogen-bond donors (Lipinski definition) is 1. The van der Waals surface area contributed by atoms with E-state index in [1.165, 1.54) is 231 Å². The summed E-state index contributed by atoms with van der Waals surface area (Å²) in [7, 11) is 0. The molecule has 0 aromatic carbocycles. The summed E-state index contributed by atoms with van der Waals surface area (Å²) < 4.78 is 23.4. The first kappa shape index (κ1) is 64.3. The number of aliphatic hydroxyl groups excluding tert-OH is 1. The third-order valence-corrected chi connectivity index (χ3v) is 14.4. The smallest absolute Gasteiger partial charge is 0.306 e. The molecule has 1 fully saturated rings. The normalized spacial score (nSPS) is 16.3. The molecule has 402 valence electrons. The molecule has 0 saturated carbocycles. The summed E-state index contributed by atoms with van der Waals surface area (Å²) in [6.07, 6.45) is 53.4. The Bertz CT molecular complexity index is 1100. The molecule has 0 aromatic heterocycles. The quantitative estimate of drug-likeness (QED) is 0.0365. The number of esters is 3. The molecule has 4 atom stereocenters. The van der Waals surface area contributed by atoms with Crippen molar-refractivity contribution >= 4 is 17.9 Å². The maximum absolute atomic E-state index is 13.2. The maximum atomic E-state index is 13.2. The number of hydrogen-bond acceptors (Lipinski definition) is 8. The Morgan fingerprint density at radius 1 is 0.397 bits per heavy atom. The van der Waals surface area contributed by atoms with E-state index in [-0.39, 0.29) is 44.0 Å². The zero-order valence-electron chi connectivity index (χ0n) is 45.5. The lowest BCUT2D eigenvalue weighted by Gasteiger charge is -2.28. The van der Waals surface area contributed by atoms with Crippen molar-refractivity contribution in [3.05, 3.63) is 0 Å². The Hall–Kier alpha value is -1.67. The molecule has 0 aromatic rings. The minimum atomic E-state index is -1.04. The monoisotopic (exact) mass is 963 g/mol. The van der Waals surface area contributed by atoms with Gasteiger partial charge in [-0.3, -0.25) is 14.4 Å². The Kier molecular flexibility index (Phi) is 47.6. The summed E-state index contributed by atoms with van der Waals surface area (Å²) >= 11 is 0. The Labute approximate surface area is 421 Å². The minimum Gasteiger partial charge on any atom is -0.462 e. The van der Waals surface area contributed by atoms with Crippen molar-refractivity contribution in [2.24, 2.45) is 0 Å². The van der Waals surface area contributed by atoms with Gasteiger partial charge in [-0.15, -0.1) is 0 Å². The van der Waals surface area contributed by atoms with Crippen LogP contribution in [0.5, 0.6) is 0 Å². The van der Waals surface area contributed by atoms with Crippen LogP contribution in [0.2, 0.25) is 0 Å². The van der Waals surface area contributed by atoms with E-state index >= 15 is 0 Å². The highest BCUT2D eigenvalue weighted by Gasteiger charge is 2.46. The van der Waals surface area contributed by atoms with Gasteiger partial charge in [-0.25, -0.2) is 0 Å². The van der Waals surface area contributed by atoms with Crippen molar-refractivity contribution < 1.29 is 38.4 Å². The van der Waals surface area contributed by atoms with E-state index in [9.17, 15) is 19.5 Å². The molecular formula is C60H114O8. The summed E-state index contributed by atoms with van der Waals surface area (Å²) in [6, 6.07) is 0. The molecule has 0 radical (unpaired) electrons. The van der Waals surface area contributed by atoms with Gasteiger partial charge in [0, 0.05) is 19.3 Å². The van der Waals surface area contributed by atoms with Gasteiger partial charge in [-0.2, -0.15) is 0 Å². The van der Waals surface area contributed by atoms with E-state index in [1.807, 2.05) is 0 Å². The van der Waals surface area contributed by atoms with Gasteiger partial charge in [-0.1, -0.05) is 290 Å². The van der Waals surface area contributed by atoms with Gasteiger partial charge in [0.2, 0.25) is 0 Å². The van der Waals surface area contributed by atoms with Crippen LogP contribution in [0, 0.1) is 0 Å². The lowest BCUT2D eigenvalue weighted by molar-refractivity contribution is -0.177. The number of carbonyl (C=O) groups excluding carboxylic acids is 3. The van der Waals surface area contributed by atoms with Gasteiger partial charge in [-0.05, 0) is 19.3 Å². The fourth-order valence-electron chi connectivity index (χ4n) is 9.89. The van der Waals surface area contributed by atoms with Gasteiger partial charge in [0.25, 0.3) is 0 Å². The fraction of sp³-hybridized carbons (Fsp3) is 0.950. The van der Waals surface area contributed by atoms with Crippen molar-refractivity contribution in [2.75, 3.05) is 13.2 Å². The predicted molar refractivity (Wildman–Crippen MR) is 285 cm³/mol. The van der Waals surface area contributed by atoms with Gasteiger partial charge >= 0.3 is 17.9 Å². The number of unbranched alkanes of at least 4 members (excludes halogenated alkanes) is 42. The maximum Gasteiger partial charge on any atom is 0.306 e. The first-order valence-corrected chi connectivity index (χ1v) is 30.3. The van der Waals surface area contributed by atoms with Crippen molar-refractivity contribution in [2.45, 2.75) is 353 Å². The lowest BCUT2D eigenvalue weighted by Crippen LogP contribution is -2.46. The van der Waals surface area contributed by atoms with Crippen molar-refractivity contribution in [3.63, 3.8) is 0 Å². The highest BCUT2D eigenvalue weighted by atomic mass is 16.6. The molecule has 0 spiro atoms. The molecule has 68 heavy (non-hydrogen) atoms. The van der Waals surface area contributed by atoms with Crippen LogP contribution >= 0.6 is 0 Å². The van der Waals surface area contributed by atoms with Crippen LogP contribution in [0.3, 0.4) is 0 Å². The van der Waals surface area contributed by atoms with E-state index in [4.69, 9.17) is 18.9 Å². The van der Waals surface area contributed by atoms with Crippen LogP contribution in [0.1, 0.15) is 329 Å².